The van der Waals surface area contributed by atoms with Crippen LogP contribution in [-0.2, 0) is 9.53 Å². The average molecular weight is 447 g/mol. The van der Waals surface area contributed by atoms with Crippen molar-refractivity contribution in [2.24, 2.45) is 5.73 Å². The van der Waals surface area contributed by atoms with E-state index >= 15 is 0 Å². The summed E-state index contributed by atoms with van der Waals surface area (Å²) < 4.78 is 11.7. The number of likely N-dealkylation sites (tertiary alicyclic amines) is 1. The number of esters is 1. The Morgan fingerprint density at radius 1 is 1.17 bits per heavy atom. The predicted octanol–water partition coefficient (Wildman–Crippen LogP) is 4.28. The SMILES string of the molecule is NC(=O)N1CCC(OC(=O)C2CCOc3ccc(SCl)cc32)C(c2ccccc2)C1. The number of halogens is 1. The van der Waals surface area contributed by atoms with Crippen LogP contribution in [0, 0.1) is 0 Å². The summed E-state index contributed by atoms with van der Waals surface area (Å²) in [4.78, 5) is 27.4. The zero-order valence-electron chi connectivity index (χ0n) is 16.3. The van der Waals surface area contributed by atoms with E-state index in [2.05, 4.69) is 0 Å². The zero-order chi connectivity index (χ0) is 21.1. The van der Waals surface area contributed by atoms with Gasteiger partial charge < -0.3 is 20.1 Å². The van der Waals surface area contributed by atoms with E-state index in [4.69, 9.17) is 25.9 Å². The van der Waals surface area contributed by atoms with Gasteiger partial charge >= 0.3 is 12.0 Å². The number of hydrogen-bond donors (Lipinski definition) is 1. The molecule has 158 valence electrons. The van der Waals surface area contributed by atoms with Gasteiger partial charge in [0.15, 0.2) is 0 Å². The Balaban J connectivity index is 1.55. The Hall–Kier alpha value is -2.38. The summed E-state index contributed by atoms with van der Waals surface area (Å²) in [6, 6.07) is 15.0. The number of carbonyl (C=O) groups excluding carboxylic acids is 2. The lowest BCUT2D eigenvalue weighted by atomic mass is 9.87. The van der Waals surface area contributed by atoms with Crippen molar-refractivity contribution in [3.63, 3.8) is 0 Å². The summed E-state index contributed by atoms with van der Waals surface area (Å²) in [5.74, 6) is -0.0981. The Bertz CT molecular complexity index is 927. The third-order valence-corrected chi connectivity index (χ3v) is 6.72. The first-order valence-corrected chi connectivity index (χ1v) is 11.6. The van der Waals surface area contributed by atoms with Gasteiger partial charge in [0.05, 0.1) is 12.5 Å². The minimum atomic E-state index is -0.454. The molecule has 1 fully saturated rings. The van der Waals surface area contributed by atoms with Gasteiger partial charge in [-0.3, -0.25) is 4.79 Å². The van der Waals surface area contributed by atoms with Crippen LogP contribution in [0.5, 0.6) is 5.75 Å². The van der Waals surface area contributed by atoms with Gasteiger partial charge in [0, 0.05) is 35.9 Å². The molecular formula is C22H23ClN2O4S. The van der Waals surface area contributed by atoms with Crippen LogP contribution in [0.15, 0.2) is 53.4 Å². The molecule has 0 aliphatic carbocycles. The fourth-order valence-electron chi connectivity index (χ4n) is 4.19. The molecule has 1 saturated heterocycles. The first-order valence-electron chi connectivity index (χ1n) is 9.92. The number of hydrogen-bond acceptors (Lipinski definition) is 5. The molecule has 2 amide bonds. The highest BCUT2D eigenvalue weighted by Crippen LogP contribution is 2.39. The molecule has 0 spiro atoms. The van der Waals surface area contributed by atoms with Gasteiger partial charge in [-0.05, 0) is 51.8 Å². The molecule has 0 saturated carbocycles. The fourth-order valence-corrected chi connectivity index (χ4v) is 4.77. The molecule has 8 heteroatoms. The minimum Gasteiger partial charge on any atom is -0.493 e. The van der Waals surface area contributed by atoms with Crippen LogP contribution in [0.25, 0.3) is 0 Å². The van der Waals surface area contributed by atoms with Crippen LogP contribution in [0.2, 0.25) is 0 Å². The van der Waals surface area contributed by atoms with Crippen LogP contribution in [-0.4, -0.2) is 42.7 Å². The highest BCUT2D eigenvalue weighted by molar-refractivity contribution is 8.21. The first-order chi connectivity index (χ1) is 14.6. The van der Waals surface area contributed by atoms with Crippen LogP contribution < -0.4 is 10.5 Å². The minimum absolute atomic E-state index is 0.125. The van der Waals surface area contributed by atoms with Crippen LogP contribution in [0.4, 0.5) is 4.79 Å². The van der Waals surface area contributed by atoms with E-state index in [-0.39, 0.29) is 18.0 Å². The van der Waals surface area contributed by atoms with Gasteiger partial charge in [0.1, 0.15) is 11.9 Å². The first kappa shape index (κ1) is 20.9. The number of nitrogens with two attached hydrogens (primary N) is 1. The number of amides is 2. The molecule has 2 aromatic rings. The molecule has 0 bridgehead atoms. The molecule has 30 heavy (non-hydrogen) atoms. The number of benzene rings is 2. The zero-order valence-corrected chi connectivity index (χ0v) is 17.9. The normalized spacial score (nSPS) is 23.2. The number of piperidine rings is 1. The van der Waals surface area contributed by atoms with Crippen LogP contribution in [0.1, 0.15) is 35.8 Å². The number of rotatable bonds is 4. The second kappa shape index (κ2) is 9.18. The highest BCUT2D eigenvalue weighted by Gasteiger charge is 2.37. The van der Waals surface area contributed by atoms with Crippen molar-refractivity contribution < 1.29 is 19.1 Å². The average Bonchev–Trinajstić information content (AvgIpc) is 2.78. The topological polar surface area (TPSA) is 81.9 Å². The lowest BCUT2D eigenvalue weighted by molar-refractivity contribution is -0.154. The number of primary amides is 1. The Morgan fingerprint density at radius 3 is 2.70 bits per heavy atom. The smallest absolute Gasteiger partial charge is 0.314 e. The monoisotopic (exact) mass is 446 g/mol. The van der Waals surface area contributed by atoms with Crippen molar-refractivity contribution in [3.8, 4) is 5.75 Å². The van der Waals surface area contributed by atoms with Crippen molar-refractivity contribution >= 4 is 33.7 Å². The van der Waals surface area contributed by atoms with Crippen molar-refractivity contribution in [3.05, 3.63) is 59.7 Å². The van der Waals surface area contributed by atoms with Gasteiger partial charge in [0.25, 0.3) is 0 Å². The van der Waals surface area contributed by atoms with Gasteiger partial charge in [-0.1, -0.05) is 30.3 Å². The highest BCUT2D eigenvalue weighted by atomic mass is 35.7. The third kappa shape index (κ3) is 4.37. The molecule has 2 N–H and O–H groups in total. The van der Waals surface area contributed by atoms with E-state index in [1.807, 2.05) is 48.5 Å². The van der Waals surface area contributed by atoms with Gasteiger partial charge in [-0.15, -0.1) is 0 Å². The largest absolute Gasteiger partial charge is 0.493 e. The van der Waals surface area contributed by atoms with E-state index in [1.54, 1.807) is 4.90 Å². The summed E-state index contributed by atoms with van der Waals surface area (Å²) in [5, 5.41) is 0. The second-order valence-corrected chi connectivity index (χ2v) is 8.62. The molecule has 6 nitrogen and oxygen atoms in total. The number of ether oxygens (including phenoxy) is 2. The molecule has 2 aliphatic heterocycles. The van der Waals surface area contributed by atoms with E-state index in [0.29, 0.717) is 38.3 Å². The second-order valence-electron chi connectivity index (χ2n) is 7.53. The van der Waals surface area contributed by atoms with Crippen LogP contribution >= 0.6 is 21.7 Å². The van der Waals surface area contributed by atoms with Gasteiger partial charge in [0.2, 0.25) is 0 Å². The van der Waals surface area contributed by atoms with Crippen molar-refractivity contribution in [2.75, 3.05) is 19.7 Å². The third-order valence-electron chi connectivity index (χ3n) is 5.75. The molecule has 4 rings (SSSR count). The number of urea groups is 1. The Morgan fingerprint density at radius 2 is 1.97 bits per heavy atom. The van der Waals surface area contributed by atoms with E-state index in [9.17, 15) is 9.59 Å². The van der Waals surface area contributed by atoms with Crippen LogP contribution in [0.3, 0.4) is 0 Å². The number of carbonyl (C=O) groups is 2. The maximum Gasteiger partial charge on any atom is 0.314 e. The summed E-state index contributed by atoms with van der Waals surface area (Å²) in [7, 11) is 7.00. The maximum absolute atomic E-state index is 13.2. The predicted molar refractivity (Wildman–Crippen MR) is 116 cm³/mol. The molecule has 2 aromatic carbocycles. The molecule has 3 unspecified atom stereocenters. The molecule has 2 heterocycles. The van der Waals surface area contributed by atoms with Crippen molar-refractivity contribution in [2.45, 2.75) is 35.7 Å². The fraction of sp³-hybridized carbons (Fsp3) is 0.364. The van der Waals surface area contributed by atoms with Crippen molar-refractivity contribution in [1.82, 2.24) is 4.90 Å². The molecule has 3 atom stereocenters. The quantitative estimate of drug-likeness (QED) is 0.709. The summed E-state index contributed by atoms with van der Waals surface area (Å²) in [6.45, 7) is 1.35. The lowest BCUT2D eigenvalue weighted by Gasteiger charge is -2.38. The van der Waals surface area contributed by atoms with E-state index in [0.717, 1.165) is 27.0 Å². The summed E-state index contributed by atoms with van der Waals surface area (Å²) >= 11 is 0. The molecule has 0 aromatic heterocycles. The van der Waals surface area contributed by atoms with E-state index < -0.39 is 11.9 Å². The van der Waals surface area contributed by atoms with Crippen molar-refractivity contribution in [1.29, 1.82) is 0 Å². The summed E-state index contributed by atoms with van der Waals surface area (Å²) in [5.41, 5.74) is 7.33. The Kier molecular flexibility index (Phi) is 6.39. The molecule has 2 aliphatic rings. The Labute approximate surface area is 184 Å². The van der Waals surface area contributed by atoms with Gasteiger partial charge in [-0.25, -0.2) is 4.79 Å². The molecule has 0 radical (unpaired) electrons. The summed E-state index contributed by atoms with van der Waals surface area (Å²) in [6.07, 6.45) is 0.771. The maximum atomic E-state index is 13.2. The lowest BCUT2D eigenvalue weighted by Crippen LogP contribution is -2.48. The number of fused-ring (bicyclic) bond motifs is 1. The molecular weight excluding hydrogens is 424 g/mol. The van der Waals surface area contributed by atoms with E-state index in [1.165, 1.54) is 0 Å². The standard InChI is InChI=1S/C22H23ClN2O4S/c23-30-15-6-7-19-17(12-15)16(9-11-28-19)21(26)29-20-8-10-25(22(24)27)13-18(20)14-4-2-1-3-5-14/h1-7,12,16,18,20H,8-11,13H2,(H2,24,27). The number of nitrogens with zero attached hydrogens (tertiary/aromatic N) is 1. The van der Waals surface area contributed by atoms with Gasteiger partial charge in [-0.2, -0.15) is 0 Å².